The molecular weight excluding hydrogens is 178 g/mol. The molecule has 0 bridgehead atoms. The van der Waals surface area contributed by atoms with Crippen molar-refractivity contribution >= 4 is 5.91 Å². The second-order valence-corrected chi connectivity index (χ2v) is 4.17. The minimum Gasteiger partial charge on any atom is -0.378 e. The molecule has 1 fully saturated rings. The summed E-state index contributed by atoms with van der Waals surface area (Å²) in [5.74, 6) is 0.154. The van der Waals surface area contributed by atoms with E-state index >= 15 is 0 Å². The minimum absolute atomic E-state index is 0.154. The number of hydrogen-bond donors (Lipinski definition) is 0. The summed E-state index contributed by atoms with van der Waals surface area (Å²) in [5, 5.41) is 0. The number of hydrogen-bond acceptors (Lipinski definition) is 2. The van der Waals surface area contributed by atoms with Crippen LogP contribution < -0.4 is 0 Å². The highest BCUT2D eigenvalue weighted by Gasteiger charge is 2.14. The minimum atomic E-state index is 0.154. The van der Waals surface area contributed by atoms with E-state index in [1.165, 1.54) is 32.1 Å². The molecule has 3 heteroatoms. The average molecular weight is 199 g/mol. The normalized spacial score (nSPS) is 18.1. The molecule has 1 aliphatic carbocycles. The van der Waals surface area contributed by atoms with Gasteiger partial charge in [0.25, 0.3) is 0 Å². The van der Waals surface area contributed by atoms with Crippen molar-refractivity contribution in [2.24, 2.45) is 0 Å². The fourth-order valence-electron chi connectivity index (χ4n) is 1.77. The number of carbonyl (C=O) groups excluding carboxylic acids is 1. The molecule has 0 atom stereocenters. The van der Waals surface area contributed by atoms with Gasteiger partial charge in [-0.2, -0.15) is 0 Å². The third-order valence-corrected chi connectivity index (χ3v) is 2.72. The van der Waals surface area contributed by atoms with Crippen molar-refractivity contribution in [3.63, 3.8) is 0 Å². The van der Waals surface area contributed by atoms with E-state index in [-0.39, 0.29) is 5.91 Å². The molecule has 0 aromatic carbocycles. The van der Waals surface area contributed by atoms with E-state index in [2.05, 4.69) is 0 Å². The van der Waals surface area contributed by atoms with Gasteiger partial charge in [-0.1, -0.05) is 19.3 Å². The number of carbonyl (C=O) groups is 1. The molecular formula is C11H21NO2. The molecule has 0 aliphatic heterocycles. The molecule has 0 radical (unpaired) electrons. The van der Waals surface area contributed by atoms with E-state index in [1.807, 2.05) is 0 Å². The van der Waals surface area contributed by atoms with E-state index in [0.717, 1.165) is 0 Å². The van der Waals surface area contributed by atoms with Crippen molar-refractivity contribution in [2.45, 2.75) is 44.6 Å². The summed E-state index contributed by atoms with van der Waals surface area (Å²) in [6.45, 7) is 0.585. The highest BCUT2D eigenvalue weighted by molar-refractivity contribution is 5.75. The average Bonchev–Trinajstić information content (AvgIpc) is 2.19. The number of nitrogens with zero attached hydrogens (tertiary/aromatic N) is 1. The second kappa shape index (κ2) is 6.02. The van der Waals surface area contributed by atoms with Crippen LogP contribution in [-0.4, -0.2) is 37.6 Å². The van der Waals surface area contributed by atoms with Gasteiger partial charge in [-0.3, -0.25) is 4.79 Å². The lowest BCUT2D eigenvalue weighted by atomic mass is 9.98. The summed E-state index contributed by atoms with van der Waals surface area (Å²) in [6, 6.07) is 0. The summed E-state index contributed by atoms with van der Waals surface area (Å²) in [5.41, 5.74) is 0. The Kier molecular flexibility index (Phi) is 4.94. The summed E-state index contributed by atoms with van der Waals surface area (Å²) in [7, 11) is 3.56. The first kappa shape index (κ1) is 11.5. The molecule has 0 saturated heterocycles. The summed E-state index contributed by atoms with van der Waals surface area (Å²) in [4.78, 5) is 12.8. The number of ether oxygens (including phenoxy) is 1. The van der Waals surface area contributed by atoms with Crippen LogP contribution in [0.2, 0.25) is 0 Å². The molecule has 82 valence electrons. The van der Waals surface area contributed by atoms with Crippen LogP contribution in [0.1, 0.15) is 38.5 Å². The first-order chi connectivity index (χ1) is 6.70. The van der Waals surface area contributed by atoms with Crippen molar-refractivity contribution in [2.75, 3.05) is 20.7 Å². The molecule has 0 spiro atoms. The van der Waals surface area contributed by atoms with Crippen molar-refractivity contribution < 1.29 is 9.53 Å². The molecule has 1 rings (SSSR count). The van der Waals surface area contributed by atoms with Gasteiger partial charge in [-0.15, -0.1) is 0 Å². The lowest BCUT2D eigenvalue weighted by molar-refractivity contribution is -0.130. The zero-order valence-electron chi connectivity index (χ0n) is 9.29. The van der Waals surface area contributed by atoms with Gasteiger partial charge in [0.2, 0.25) is 5.91 Å². The van der Waals surface area contributed by atoms with E-state index in [9.17, 15) is 4.79 Å². The van der Waals surface area contributed by atoms with Gasteiger partial charge in [-0.25, -0.2) is 0 Å². The Morgan fingerprint density at radius 3 is 2.50 bits per heavy atom. The molecule has 0 aromatic rings. The largest absolute Gasteiger partial charge is 0.378 e. The molecule has 1 amide bonds. The van der Waals surface area contributed by atoms with Crippen molar-refractivity contribution in [3.05, 3.63) is 0 Å². The summed E-state index contributed by atoms with van der Waals surface area (Å²) >= 11 is 0. The second-order valence-electron chi connectivity index (χ2n) is 4.17. The van der Waals surface area contributed by atoms with Gasteiger partial charge in [0.15, 0.2) is 0 Å². The highest BCUT2D eigenvalue weighted by atomic mass is 16.5. The molecule has 0 N–H and O–H groups in total. The smallest absolute Gasteiger partial charge is 0.224 e. The maximum absolute atomic E-state index is 11.2. The van der Waals surface area contributed by atoms with Gasteiger partial charge in [0.05, 0.1) is 19.1 Å². The van der Waals surface area contributed by atoms with Crippen LogP contribution in [0.25, 0.3) is 0 Å². The van der Waals surface area contributed by atoms with Gasteiger partial charge in [0, 0.05) is 14.1 Å². The van der Waals surface area contributed by atoms with Crippen LogP contribution in [0.5, 0.6) is 0 Å². The standard InChI is InChI=1S/C11H21NO2/c1-12(2)11(13)8-9-14-10-6-4-3-5-7-10/h10H,3-9H2,1-2H3. The number of amides is 1. The van der Waals surface area contributed by atoms with Crippen molar-refractivity contribution in [3.8, 4) is 0 Å². The predicted octanol–water partition coefficient (Wildman–Crippen LogP) is 1.81. The molecule has 3 nitrogen and oxygen atoms in total. The van der Waals surface area contributed by atoms with Gasteiger partial charge in [-0.05, 0) is 12.8 Å². The van der Waals surface area contributed by atoms with Gasteiger partial charge < -0.3 is 9.64 Å². The van der Waals surface area contributed by atoms with Crippen LogP contribution in [0.15, 0.2) is 0 Å². The van der Waals surface area contributed by atoms with Crippen LogP contribution in [0.3, 0.4) is 0 Å². The Morgan fingerprint density at radius 2 is 1.93 bits per heavy atom. The fraction of sp³-hybridized carbons (Fsp3) is 0.909. The highest BCUT2D eigenvalue weighted by Crippen LogP contribution is 2.20. The molecule has 0 unspecified atom stereocenters. The van der Waals surface area contributed by atoms with Crippen LogP contribution in [0.4, 0.5) is 0 Å². The Bertz CT molecular complexity index is 174. The van der Waals surface area contributed by atoms with E-state index in [4.69, 9.17) is 4.74 Å². The molecule has 1 saturated carbocycles. The molecule has 0 heterocycles. The first-order valence-electron chi connectivity index (χ1n) is 5.52. The third-order valence-electron chi connectivity index (χ3n) is 2.72. The Labute approximate surface area is 86.4 Å². The SMILES string of the molecule is CN(C)C(=O)CCOC1CCCCC1. The lowest BCUT2D eigenvalue weighted by Crippen LogP contribution is -2.25. The Hall–Kier alpha value is -0.570. The van der Waals surface area contributed by atoms with E-state index in [0.29, 0.717) is 19.1 Å². The quantitative estimate of drug-likeness (QED) is 0.691. The van der Waals surface area contributed by atoms with Crippen LogP contribution in [0, 0.1) is 0 Å². The number of rotatable bonds is 4. The monoisotopic (exact) mass is 199 g/mol. The topological polar surface area (TPSA) is 29.5 Å². The lowest BCUT2D eigenvalue weighted by Gasteiger charge is -2.22. The maximum Gasteiger partial charge on any atom is 0.224 e. The fourth-order valence-corrected chi connectivity index (χ4v) is 1.77. The van der Waals surface area contributed by atoms with E-state index < -0.39 is 0 Å². The summed E-state index contributed by atoms with van der Waals surface area (Å²) in [6.07, 6.45) is 7.20. The molecule has 1 aliphatic rings. The Morgan fingerprint density at radius 1 is 1.29 bits per heavy atom. The van der Waals surface area contributed by atoms with Gasteiger partial charge >= 0.3 is 0 Å². The van der Waals surface area contributed by atoms with Crippen LogP contribution in [-0.2, 0) is 9.53 Å². The first-order valence-corrected chi connectivity index (χ1v) is 5.52. The van der Waals surface area contributed by atoms with Gasteiger partial charge in [0.1, 0.15) is 0 Å². The maximum atomic E-state index is 11.2. The zero-order chi connectivity index (χ0) is 10.4. The molecule has 0 aromatic heterocycles. The van der Waals surface area contributed by atoms with Crippen molar-refractivity contribution in [1.82, 2.24) is 4.90 Å². The zero-order valence-corrected chi connectivity index (χ0v) is 9.29. The van der Waals surface area contributed by atoms with Crippen molar-refractivity contribution in [1.29, 1.82) is 0 Å². The van der Waals surface area contributed by atoms with Crippen LogP contribution >= 0.6 is 0 Å². The van der Waals surface area contributed by atoms with E-state index in [1.54, 1.807) is 19.0 Å². The predicted molar refractivity (Wildman–Crippen MR) is 56.1 cm³/mol. The Balaban J connectivity index is 2.05. The summed E-state index contributed by atoms with van der Waals surface area (Å²) < 4.78 is 5.66. The third kappa shape index (κ3) is 4.09. The molecule has 14 heavy (non-hydrogen) atoms.